The van der Waals surface area contributed by atoms with Gasteiger partial charge in [-0.25, -0.2) is 0 Å². The average molecular weight is 301 g/mol. The average Bonchev–Trinajstić information content (AvgIpc) is 2.47. The molecule has 2 saturated heterocycles. The zero-order valence-electron chi connectivity index (χ0n) is 12.4. The fraction of sp³-hybridized carbons (Fsp3) is 0.929. The summed E-state index contributed by atoms with van der Waals surface area (Å²) in [6.07, 6.45) is 0.608. The zero-order chi connectivity index (χ0) is 14.2. The van der Waals surface area contributed by atoms with Gasteiger partial charge >= 0.3 is 0 Å². The molecule has 5 nitrogen and oxygen atoms in total. The molecule has 20 heavy (non-hydrogen) atoms. The predicted molar refractivity (Wildman–Crippen MR) is 83.2 cm³/mol. The Morgan fingerprint density at radius 3 is 3.00 bits per heavy atom. The number of hydrogen-bond acceptors (Lipinski definition) is 5. The summed E-state index contributed by atoms with van der Waals surface area (Å²) in [6.45, 7) is 8.74. The van der Waals surface area contributed by atoms with Crippen LogP contribution in [0.15, 0.2) is 0 Å². The van der Waals surface area contributed by atoms with Crippen LogP contribution in [-0.4, -0.2) is 74.3 Å². The third-order valence-electron chi connectivity index (χ3n) is 3.75. The van der Waals surface area contributed by atoms with Gasteiger partial charge < -0.3 is 15.4 Å². The minimum Gasteiger partial charge on any atom is -0.379 e. The molecule has 0 bridgehead atoms. The Morgan fingerprint density at radius 2 is 2.30 bits per heavy atom. The maximum atomic E-state index is 11.9. The molecule has 6 heteroatoms. The summed E-state index contributed by atoms with van der Waals surface area (Å²) in [7, 11) is 0. The lowest BCUT2D eigenvalue weighted by atomic mass is 10.1. The Morgan fingerprint density at radius 1 is 1.50 bits per heavy atom. The lowest BCUT2D eigenvalue weighted by molar-refractivity contribution is -0.121. The predicted octanol–water partition coefficient (Wildman–Crippen LogP) is 0.166. The first-order valence-electron chi connectivity index (χ1n) is 7.62. The van der Waals surface area contributed by atoms with E-state index in [0.29, 0.717) is 18.4 Å². The molecule has 2 unspecified atom stereocenters. The topological polar surface area (TPSA) is 53.6 Å². The minimum atomic E-state index is 0.179. The fourth-order valence-electron chi connectivity index (χ4n) is 2.62. The first-order chi connectivity index (χ1) is 9.74. The van der Waals surface area contributed by atoms with E-state index < -0.39 is 0 Å². The number of nitrogens with one attached hydrogen (secondary N) is 2. The molecule has 0 radical (unpaired) electrons. The molecule has 1 amide bonds. The highest BCUT2D eigenvalue weighted by atomic mass is 32.2. The van der Waals surface area contributed by atoms with E-state index in [4.69, 9.17) is 4.74 Å². The summed E-state index contributed by atoms with van der Waals surface area (Å²) < 4.78 is 5.34. The van der Waals surface area contributed by atoms with Crippen molar-refractivity contribution >= 4 is 17.7 Å². The largest absolute Gasteiger partial charge is 0.379 e. The Hall–Kier alpha value is -0.300. The van der Waals surface area contributed by atoms with Crippen LogP contribution in [0.3, 0.4) is 0 Å². The second-order valence-electron chi connectivity index (χ2n) is 5.75. The number of hydrogen-bond donors (Lipinski definition) is 2. The van der Waals surface area contributed by atoms with Crippen molar-refractivity contribution in [2.45, 2.75) is 19.4 Å². The lowest BCUT2D eigenvalue weighted by Crippen LogP contribution is -2.43. The van der Waals surface area contributed by atoms with E-state index in [1.807, 2.05) is 11.8 Å². The molecule has 0 aromatic carbocycles. The molecule has 2 heterocycles. The van der Waals surface area contributed by atoms with Crippen LogP contribution in [0.2, 0.25) is 0 Å². The van der Waals surface area contributed by atoms with E-state index in [-0.39, 0.29) is 5.91 Å². The fourth-order valence-corrected chi connectivity index (χ4v) is 3.57. The van der Waals surface area contributed by atoms with Gasteiger partial charge in [0.2, 0.25) is 5.91 Å². The maximum absolute atomic E-state index is 11.9. The smallest absolute Gasteiger partial charge is 0.221 e. The van der Waals surface area contributed by atoms with Crippen LogP contribution in [0, 0.1) is 5.92 Å². The van der Waals surface area contributed by atoms with Gasteiger partial charge in [0.05, 0.1) is 13.2 Å². The molecule has 116 valence electrons. The molecule has 0 aromatic heterocycles. The first-order valence-corrected chi connectivity index (χ1v) is 8.77. The van der Waals surface area contributed by atoms with Crippen LogP contribution in [0.1, 0.15) is 13.3 Å². The van der Waals surface area contributed by atoms with Crippen molar-refractivity contribution in [1.82, 2.24) is 15.5 Å². The molecule has 0 saturated carbocycles. The summed E-state index contributed by atoms with van der Waals surface area (Å²) in [5, 5.41) is 6.47. The molecule has 2 atom stereocenters. The maximum Gasteiger partial charge on any atom is 0.221 e. The van der Waals surface area contributed by atoms with E-state index in [1.165, 1.54) is 0 Å². The second-order valence-corrected chi connectivity index (χ2v) is 6.90. The van der Waals surface area contributed by atoms with E-state index in [1.54, 1.807) is 0 Å². The number of thioether (sulfide) groups is 1. The quantitative estimate of drug-likeness (QED) is 0.732. The molecule has 2 aliphatic rings. The molecule has 2 N–H and O–H groups in total. The van der Waals surface area contributed by atoms with Crippen LogP contribution < -0.4 is 10.6 Å². The molecule has 2 rings (SSSR count). The van der Waals surface area contributed by atoms with Crippen molar-refractivity contribution in [1.29, 1.82) is 0 Å². The van der Waals surface area contributed by atoms with Crippen LogP contribution >= 0.6 is 11.8 Å². The van der Waals surface area contributed by atoms with Gasteiger partial charge in [0.25, 0.3) is 0 Å². The van der Waals surface area contributed by atoms with Crippen molar-refractivity contribution in [3.05, 3.63) is 0 Å². The summed E-state index contributed by atoms with van der Waals surface area (Å²) in [5.74, 6) is 2.88. The standard InChI is InChI=1S/C14H27N3O2S/c1-12(10-17-3-5-19-6-4-17)9-16-14(18)8-13-11-20-7-2-15-13/h12-13,15H,2-11H2,1H3,(H,16,18). The summed E-state index contributed by atoms with van der Waals surface area (Å²) >= 11 is 1.93. The zero-order valence-corrected chi connectivity index (χ0v) is 13.2. The van der Waals surface area contributed by atoms with Gasteiger partial charge in [-0.3, -0.25) is 9.69 Å². The van der Waals surface area contributed by atoms with Crippen LogP contribution in [0.5, 0.6) is 0 Å². The van der Waals surface area contributed by atoms with Crippen molar-refractivity contribution in [2.75, 3.05) is 57.4 Å². The number of nitrogens with zero attached hydrogens (tertiary/aromatic N) is 1. The Balaban J connectivity index is 1.57. The van der Waals surface area contributed by atoms with E-state index in [0.717, 1.165) is 57.4 Å². The highest BCUT2D eigenvalue weighted by Gasteiger charge is 2.18. The Kier molecular flexibility index (Phi) is 7.13. The number of carbonyl (C=O) groups excluding carboxylic acids is 1. The van der Waals surface area contributed by atoms with Gasteiger partial charge in [0, 0.05) is 56.7 Å². The van der Waals surface area contributed by atoms with E-state index >= 15 is 0 Å². The molecular formula is C14H27N3O2S. The normalized spacial score (nSPS) is 26.1. The molecule has 0 aromatic rings. The molecule has 0 aliphatic carbocycles. The Bertz CT molecular complexity index is 292. The van der Waals surface area contributed by atoms with Crippen molar-refractivity contribution in [3.63, 3.8) is 0 Å². The monoisotopic (exact) mass is 301 g/mol. The highest BCUT2D eigenvalue weighted by molar-refractivity contribution is 7.99. The molecule has 2 aliphatic heterocycles. The van der Waals surface area contributed by atoms with Crippen LogP contribution in [-0.2, 0) is 9.53 Å². The number of ether oxygens (including phenoxy) is 1. The number of amides is 1. The second kappa shape index (κ2) is 8.87. The third kappa shape index (κ3) is 5.99. The summed E-state index contributed by atoms with van der Waals surface area (Å²) in [4.78, 5) is 14.3. The highest BCUT2D eigenvalue weighted by Crippen LogP contribution is 2.10. The van der Waals surface area contributed by atoms with Crippen molar-refractivity contribution in [2.24, 2.45) is 5.92 Å². The van der Waals surface area contributed by atoms with Gasteiger partial charge in [-0.1, -0.05) is 6.92 Å². The molecule has 2 fully saturated rings. The SMILES string of the molecule is CC(CNC(=O)CC1CSCCN1)CN1CCOCC1. The molecule has 0 spiro atoms. The van der Waals surface area contributed by atoms with E-state index in [9.17, 15) is 4.79 Å². The lowest BCUT2D eigenvalue weighted by Gasteiger charge is -2.29. The van der Waals surface area contributed by atoms with Gasteiger partial charge in [0.15, 0.2) is 0 Å². The van der Waals surface area contributed by atoms with Gasteiger partial charge in [-0.15, -0.1) is 0 Å². The van der Waals surface area contributed by atoms with Crippen LogP contribution in [0.25, 0.3) is 0 Å². The number of morpholine rings is 1. The Labute approximate surface area is 126 Å². The van der Waals surface area contributed by atoms with Gasteiger partial charge in [-0.05, 0) is 5.92 Å². The first kappa shape index (κ1) is 16.1. The van der Waals surface area contributed by atoms with Crippen molar-refractivity contribution in [3.8, 4) is 0 Å². The summed E-state index contributed by atoms with van der Waals surface area (Å²) in [5.41, 5.74) is 0. The van der Waals surface area contributed by atoms with E-state index in [2.05, 4.69) is 22.5 Å². The van der Waals surface area contributed by atoms with Gasteiger partial charge in [0.1, 0.15) is 0 Å². The number of rotatable bonds is 6. The third-order valence-corrected chi connectivity index (χ3v) is 4.88. The minimum absolute atomic E-state index is 0.179. The number of carbonyl (C=O) groups is 1. The van der Waals surface area contributed by atoms with Crippen LogP contribution in [0.4, 0.5) is 0 Å². The van der Waals surface area contributed by atoms with Gasteiger partial charge in [-0.2, -0.15) is 11.8 Å². The molecular weight excluding hydrogens is 274 g/mol. The summed E-state index contributed by atoms with van der Waals surface area (Å²) in [6, 6.07) is 0.350. The van der Waals surface area contributed by atoms with Crippen molar-refractivity contribution < 1.29 is 9.53 Å².